The lowest BCUT2D eigenvalue weighted by Gasteiger charge is -2.09. The van der Waals surface area contributed by atoms with E-state index >= 15 is 0 Å². The summed E-state index contributed by atoms with van der Waals surface area (Å²) >= 11 is 12.6. The van der Waals surface area contributed by atoms with Gasteiger partial charge in [-0.25, -0.2) is 13.2 Å². The fraction of sp³-hybridized carbons (Fsp3) is 0.0417. The highest BCUT2D eigenvalue weighted by molar-refractivity contribution is 7.90. The number of carbonyl (C=O) groups excluding carboxylic acids is 1. The largest absolute Gasteiger partial charge is 0.422 e. The number of halogens is 2. The zero-order valence-electron chi connectivity index (χ0n) is 16.3. The van der Waals surface area contributed by atoms with E-state index in [4.69, 9.17) is 27.9 Å². The molecule has 0 spiro atoms. The van der Waals surface area contributed by atoms with E-state index in [1.54, 1.807) is 36.4 Å². The molecule has 3 aromatic rings. The summed E-state index contributed by atoms with van der Waals surface area (Å²) in [4.78, 5) is 13.1. The molecular formula is C24H16Cl2O4S. The summed E-state index contributed by atoms with van der Waals surface area (Å²) in [5.41, 5.74) is 2.75. The molecule has 1 aliphatic rings. The monoisotopic (exact) mass is 470 g/mol. The molecule has 4 rings (SSSR count). The Balaban J connectivity index is 1.96. The van der Waals surface area contributed by atoms with Gasteiger partial charge in [0.25, 0.3) is 0 Å². The maximum Gasteiger partial charge on any atom is 0.344 e. The number of cyclic esters (lactones) is 1. The van der Waals surface area contributed by atoms with Crippen molar-refractivity contribution in [2.75, 3.05) is 6.26 Å². The van der Waals surface area contributed by atoms with Gasteiger partial charge in [0.15, 0.2) is 9.84 Å². The topological polar surface area (TPSA) is 60.4 Å². The standard InChI is InChI=1S/C24H16Cl2O4S/c1-31(28,29)17-12-10-16(11-13-17)22-21(14-18-19(25)8-5-9-20(18)26)30-24(27)23(22)15-6-3-2-4-7-15/h2-14H,1H3/b21-14-. The van der Waals surface area contributed by atoms with Crippen LogP contribution in [0.3, 0.4) is 0 Å². The van der Waals surface area contributed by atoms with Crippen LogP contribution < -0.4 is 0 Å². The van der Waals surface area contributed by atoms with Crippen molar-refractivity contribution in [2.45, 2.75) is 4.90 Å². The molecule has 0 aliphatic carbocycles. The number of sulfone groups is 1. The minimum absolute atomic E-state index is 0.183. The van der Waals surface area contributed by atoms with Crippen molar-refractivity contribution in [2.24, 2.45) is 0 Å². The van der Waals surface area contributed by atoms with Crippen LogP contribution in [-0.2, 0) is 19.4 Å². The lowest BCUT2D eigenvalue weighted by Crippen LogP contribution is -1.98. The molecule has 3 aromatic carbocycles. The molecule has 0 saturated heterocycles. The second-order valence-corrected chi connectivity index (χ2v) is 9.78. The molecule has 0 fully saturated rings. The zero-order valence-corrected chi connectivity index (χ0v) is 18.6. The third-order valence-electron chi connectivity index (χ3n) is 4.81. The molecule has 7 heteroatoms. The van der Waals surface area contributed by atoms with E-state index in [-0.39, 0.29) is 10.7 Å². The summed E-state index contributed by atoms with van der Waals surface area (Å²) < 4.78 is 29.3. The molecule has 0 aromatic heterocycles. The van der Waals surface area contributed by atoms with Crippen LogP contribution in [0.15, 0.2) is 83.5 Å². The Morgan fingerprint density at radius 2 is 1.35 bits per heavy atom. The Hall–Kier alpha value is -2.86. The molecule has 0 amide bonds. The smallest absolute Gasteiger partial charge is 0.344 e. The summed E-state index contributed by atoms with van der Waals surface area (Å²) in [6, 6.07) is 20.6. The maximum atomic E-state index is 12.9. The number of allylic oxidation sites excluding steroid dienone is 1. The lowest BCUT2D eigenvalue weighted by atomic mass is 9.94. The molecule has 4 nitrogen and oxygen atoms in total. The molecule has 1 aliphatic heterocycles. The third kappa shape index (κ3) is 4.30. The second kappa shape index (κ2) is 8.35. The number of ether oxygens (including phenoxy) is 1. The van der Waals surface area contributed by atoms with Gasteiger partial charge in [0, 0.05) is 27.4 Å². The first-order valence-corrected chi connectivity index (χ1v) is 11.9. The predicted octanol–water partition coefficient (Wildman–Crippen LogP) is 5.91. The van der Waals surface area contributed by atoms with Gasteiger partial charge in [-0.1, -0.05) is 71.7 Å². The van der Waals surface area contributed by atoms with Crippen molar-refractivity contribution in [1.82, 2.24) is 0 Å². The van der Waals surface area contributed by atoms with Crippen LogP contribution in [0.2, 0.25) is 10.0 Å². The van der Waals surface area contributed by atoms with Gasteiger partial charge < -0.3 is 4.74 Å². The van der Waals surface area contributed by atoms with E-state index in [0.717, 1.165) is 6.26 Å². The van der Waals surface area contributed by atoms with E-state index in [9.17, 15) is 13.2 Å². The number of esters is 1. The van der Waals surface area contributed by atoms with Crippen LogP contribution in [0.25, 0.3) is 17.2 Å². The minimum Gasteiger partial charge on any atom is -0.422 e. The van der Waals surface area contributed by atoms with Gasteiger partial charge in [0.2, 0.25) is 0 Å². The first-order valence-electron chi connectivity index (χ1n) is 9.24. The van der Waals surface area contributed by atoms with Crippen LogP contribution >= 0.6 is 23.2 Å². The summed E-state index contributed by atoms with van der Waals surface area (Å²) in [6.45, 7) is 0. The Morgan fingerprint density at radius 3 is 1.94 bits per heavy atom. The van der Waals surface area contributed by atoms with Crippen molar-refractivity contribution >= 4 is 56.2 Å². The highest BCUT2D eigenvalue weighted by Crippen LogP contribution is 2.42. The van der Waals surface area contributed by atoms with Crippen LogP contribution in [0.1, 0.15) is 16.7 Å². The molecule has 156 valence electrons. The van der Waals surface area contributed by atoms with Crippen molar-refractivity contribution < 1.29 is 17.9 Å². The molecule has 0 radical (unpaired) electrons. The van der Waals surface area contributed by atoms with Crippen LogP contribution in [0.4, 0.5) is 0 Å². The predicted molar refractivity (Wildman–Crippen MR) is 123 cm³/mol. The molecule has 1 heterocycles. The maximum absolute atomic E-state index is 12.9. The lowest BCUT2D eigenvalue weighted by molar-refractivity contribution is -0.131. The fourth-order valence-electron chi connectivity index (χ4n) is 3.33. The number of carbonyl (C=O) groups is 1. The summed E-state index contributed by atoms with van der Waals surface area (Å²) in [5, 5.41) is 0.826. The van der Waals surface area contributed by atoms with Gasteiger partial charge in [-0.05, 0) is 41.5 Å². The molecule has 0 N–H and O–H groups in total. The Morgan fingerprint density at radius 1 is 0.774 bits per heavy atom. The van der Waals surface area contributed by atoms with Gasteiger partial charge in [-0.15, -0.1) is 0 Å². The van der Waals surface area contributed by atoms with Gasteiger partial charge >= 0.3 is 5.97 Å². The number of rotatable bonds is 4. The fourth-order valence-corrected chi connectivity index (χ4v) is 4.47. The van der Waals surface area contributed by atoms with Gasteiger partial charge in [0.1, 0.15) is 5.76 Å². The first kappa shape index (κ1) is 21.4. The Bertz CT molecular complexity index is 1320. The van der Waals surface area contributed by atoms with Crippen molar-refractivity contribution in [1.29, 1.82) is 0 Å². The van der Waals surface area contributed by atoms with Crippen LogP contribution in [0.5, 0.6) is 0 Å². The van der Waals surface area contributed by atoms with Crippen molar-refractivity contribution in [3.63, 3.8) is 0 Å². The molecule has 0 unspecified atom stereocenters. The van der Waals surface area contributed by atoms with Crippen molar-refractivity contribution in [3.8, 4) is 0 Å². The average Bonchev–Trinajstić information content (AvgIpc) is 3.06. The highest BCUT2D eigenvalue weighted by atomic mass is 35.5. The number of hydrogen-bond acceptors (Lipinski definition) is 4. The summed E-state index contributed by atoms with van der Waals surface area (Å²) in [7, 11) is -3.36. The van der Waals surface area contributed by atoms with E-state index < -0.39 is 15.8 Å². The average molecular weight is 471 g/mol. The van der Waals surface area contributed by atoms with Crippen molar-refractivity contribution in [3.05, 3.63) is 105 Å². The Kier molecular flexibility index (Phi) is 5.75. The molecule has 0 atom stereocenters. The second-order valence-electron chi connectivity index (χ2n) is 6.95. The first-order chi connectivity index (χ1) is 14.8. The summed E-state index contributed by atoms with van der Waals surface area (Å²) in [6.07, 6.45) is 2.77. The number of benzene rings is 3. The minimum atomic E-state index is -3.36. The Labute approximate surface area is 190 Å². The highest BCUT2D eigenvalue weighted by Gasteiger charge is 2.32. The zero-order chi connectivity index (χ0) is 22.2. The third-order valence-corrected chi connectivity index (χ3v) is 6.60. The number of hydrogen-bond donors (Lipinski definition) is 0. The van der Waals surface area contributed by atoms with Gasteiger partial charge in [0.05, 0.1) is 10.5 Å². The SMILES string of the molecule is CS(=O)(=O)c1ccc(C2=C(c3ccccc3)C(=O)O/C2=C\c2c(Cl)cccc2Cl)cc1. The normalized spacial score (nSPS) is 15.5. The molecule has 0 bridgehead atoms. The van der Waals surface area contributed by atoms with E-state index in [1.165, 1.54) is 12.1 Å². The molecule has 31 heavy (non-hydrogen) atoms. The molecular weight excluding hydrogens is 455 g/mol. The summed E-state index contributed by atoms with van der Waals surface area (Å²) in [5.74, 6) is -0.228. The van der Waals surface area contributed by atoms with E-state index in [1.807, 2.05) is 30.3 Å². The van der Waals surface area contributed by atoms with Gasteiger partial charge in [-0.3, -0.25) is 0 Å². The quantitative estimate of drug-likeness (QED) is 0.444. The molecule has 0 saturated carbocycles. The van der Waals surface area contributed by atoms with E-state index in [2.05, 4.69) is 0 Å². The van der Waals surface area contributed by atoms with Crippen LogP contribution in [-0.4, -0.2) is 20.6 Å². The van der Waals surface area contributed by atoms with Crippen LogP contribution in [0, 0.1) is 0 Å². The van der Waals surface area contributed by atoms with E-state index in [0.29, 0.717) is 37.9 Å². The van der Waals surface area contributed by atoms with Gasteiger partial charge in [-0.2, -0.15) is 0 Å².